The quantitative estimate of drug-likeness (QED) is 0.712. The van der Waals surface area contributed by atoms with Crippen LogP contribution in [0, 0.1) is 0 Å². The maximum atomic E-state index is 5.82. The van der Waals surface area contributed by atoms with Crippen molar-refractivity contribution in [2.45, 2.75) is 13.0 Å². The summed E-state index contributed by atoms with van der Waals surface area (Å²) in [5, 5.41) is 4.03. The average molecular weight is 169 g/mol. The lowest BCUT2D eigenvalue weighted by molar-refractivity contribution is 0.133. The molecular formula is C8H15N3O. The van der Waals surface area contributed by atoms with Gasteiger partial charge in [0.15, 0.2) is 0 Å². The van der Waals surface area contributed by atoms with Crippen LogP contribution in [0.4, 0.5) is 0 Å². The number of aryl methyl sites for hydroxylation is 1. The Bertz CT molecular complexity index is 234. The van der Waals surface area contributed by atoms with Crippen molar-refractivity contribution in [2.75, 3.05) is 13.2 Å². The Balaban J connectivity index is 2.47. The maximum Gasteiger partial charge on any atom is 0.0660 e. The first-order valence-corrected chi connectivity index (χ1v) is 4.06. The molecule has 1 heterocycles. The molecule has 4 heteroatoms. The van der Waals surface area contributed by atoms with Gasteiger partial charge in [0.05, 0.1) is 18.8 Å². The van der Waals surface area contributed by atoms with Gasteiger partial charge in [-0.25, -0.2) is 0 Å². The summed E-state index contributed by atoms with van der Waals surface area (Å²) in [5.41, 5.74) is 6.84. The Kier molecular flexibility index (Phi) is 3.25. The molecule has 0 bridgehead atoms. The standard InChI is InChI=1S/C8H15N3O/c1-3-12-6-8(9)7-4-10-11(2)5-7/h4-5,8H,3,6,9H2,1-2H3. The van der Waals surface area contributed by atoms with Crippen molar-refractivity contribution in [3.8, 4) is 0 Å². The number of ether oxygens (including phenoxy) is 1. The van der Waals surface area contributed by atoms with Gasteiger partial charge in [-0.2, -0.15) is 5.10 Å². The van der Waals surface area contributed by atoms with E-state index in [0.717, 1.165) is 5.56 Å². The lowest BCUT2D eigenvalue weighted by atomic mass is 10.2. The summed E-state index contributed by atoms with van der Waals surface area (Å²) >= 11 is 0. The molecule has 12 heavy (non-hydrogen) atoms. The van der Waals surface area contributed by atoms with E-state index < -0.39 is 0 Å². The zero-order valence-corrected chi connectivity index (χ0v) is 7.53. The number of rotatable bonds is 4. The predicted octanol–water partition coefficient (Wildman–Crippen LogP) is 0.456. The van der Waals surface area contributed by atoms with Gasteiger partial charge in [0.25, 0.3) is 0 Å². The van der Waals surface area contributed by atoms with E-state index in [1.165, 1.54) is 0 Å². The van der Waals surface area contributed by atoms with Crippen LogP contribution in [-0.2, 0) is 11.8 Å². The van der Waals surface area contributed by atoms with Crippen LogP contribution in [0.25, 0.3) is 0 Å². The molecule has 1 atom stereocenters. The van der Waals surface area contributed by atoms with Gasteiger partial charge >= 0.3 is 0 Å². The molecule has 0 radical (unpaired) electrons. The molecule has 1 aromatic heterocycles. The number of nitrogens with zero attached hydrogens (tertiary/aromatic N) is 2. The molecule has 1 rings (SSSR count). The van der Waals surface area contributed by atoms with E-state index in [9.17, 15) is 0 Å². The fourth-order valence-corrected chi connectivity index (χ4v) is 0.973. The highest BCUT2D eigenvalue weighted by molar-refractivity contribution is 5.09. The molecule has 0 fully saturated rings. The molecule has 0 aliphatic carbocycles. The molecule has 0 aromatic carbocycles. The van der Waals surface area contributed by atoms with Gasteiger partial charge in [0, 0.05) is 25.4 Å². The second-order valence-corrected chi connectivity index (χ2v) is 2.71. The highest BCUT2D eigenvalue weighted by atomic mass is 16.5. The smallest absolute Gasteiger partial charge is 0.0660 e. The molecule has 4 nitrogen and oxygen atoms in total. The molecule has 0 aliphatic rings. The van der Waals surface area contributed by atoms with Crippen LogP contribution >= 0.6 is 0 Å². The zero-order chi connectivity index (χ0) is 8.97. The summed E-state index contributed by atoms with van der Waals surface area (Å²) in [6.45, 7) is 3.21. The molecule has 0 aliphatic heterocycles. The molecular weight excluding hydrogens is 154 g/mol. The van der Waals surface area contributed by atoms with Crippen molar-refractivity contribution >= 4 is 0 Å². The summed E-state index contributed by atoms with van der Waals surface area (Å²) in [6, 6.07) is -0.0568. The Morgan fingerprint density at radius 1 is 1.75 bits per heavy atom. The van der Waals surface area contributed by atoms with E-state index in [1.807, 2.05) is 20.2 Å². The van der Waals surface area contributed by atoms with Crippen molar-refractivity contribution < 1.29 is 4.74 Å². The van der Waals surface area contributed by atoms with E-state index in [-0.39, 0.29) is 6.04 Å². The average Bonchev–Trinajstić information content (AvgIpc) is 2.47. The van der Waals surface area contributed by atoms with Crippen molar-refractivity contribution in [3.05, 3.63) is 18.0 Å². The molecule has 2 N–H and O–H groups in total. The number of hydrogen-bond acceptors (Lipinski definition) is 3. The van der Waals surface area contributed by atoms with Gasteiger partial charge in [-0.15, -0.1) is 0 Å². The minimum Gasteiger partial charge on any atom is -0.380 e. The summed E-state index contributed by atoms with van der Waals surface area (Å²) in [4.78, 5) is 0. The Morgan fingerprint density at radius 2 is 2.50 bits per heavy atom. The Hall–Kier alpha value is -0.870. The SMILES string of the molecule is CCOCC(N)c1cnn(C)c1. The van der Waals surface area contributed by atoms with Gasteiger partial charge in [0.2, 0.25) is 0 Å². The Morgan fingerprint density at radius 3 is 3.00 bits per heavy atom. The second kappa shape index (κ2) is 4.23. The molecule has 1 unspecified atom stereocenters. The topological polar surface area (TPSA) is 53.1 Å². The highest BCUT2D eigenvalue weighted by Crippen LogP contribution is 2.07. The van der Waals surface area contributed by atoms with Gasteiger partial charge in [-0.3, -0.25) is 4.68 Å². The third-order valence-electron chi connectivity index (χ3n) is 1.65. The first kappa shape index (κ1) is 9.22. The van der Waals surface area contributed by atoms with Crippen LogP contribution in [0.15, 0.2) is 12.4 Å². The Labute approximate surface area is 72.3 Å². The second-order valence-electron chi connectivity index (χ2n) is 2.71. The third-order valence-corrected chi connectivity index (χ3v) is 1.65. The largest absolute Gasteiger partial charge is 0.380 e. The zero-order valence-electron chi connectivity index (χ0n) is 7.53. The minimum absolute atomic E-state index is 0.0568. The normalized spacial score (nSPS) is 13.2. The van der Waals surface area contributed by atoms with Crippen LogP contribution in [-0.4, -0.2) is 23.0 Å². The first-order valence-electron chi connectivity index (χ1n) is 4.06. The van der Waals surface area contributed by atoms with Gasteiger partial charge < -0.3 is 10.5 Å². The molecule has 0 saturated carbocycles. The van der Waals surface area contributed by atoms with Crippen LogP contribution in [0.2, 0.25) is 0 Å². The number of nitrogens with two attached hydrogens (primary N) is 1. The summed E-state index contributed by atoms with van der Waals surface area (Å²) in [5.74, 6) is 0. The van der Waals surface area contributed by atoms with Gasteiger partial charge in [-0.05, 0) is 6.92 Å². The molecule has 0 saturated heterocycles. The van der Waals surface area contributed by atoms with Crippen LogP contribution in [0.3, 0.4) is 0 Å². The summed E-state index contributed by atoms with van der Waals surface area (Å²) in [6.07, 6.45) is 3.67. The van der Waals surface area contributed by atoms with Crippen molar-refractivity contribution in [1.29, 1.82) is 0 Å². The minimum atomic E-state index is -0.0568. The van der Waals surface area contributed by atoms with Crippen LogP contribution in [0.1, 0.15) is 18.5 Å². The monoisotopic (exact) mass is 169 g/mol. The van der Waals surface area contributed by atoms with Crippen molar-refractivity contribution in [1.82, 2.24) is 9.78 Å². The van der Waals surface area contributed by atoms with E-state index in [1.54, 1.807) is 10.9 Å². The van der Waals surface area contributed by atoms with Gasteiger partial charge in [0.1, 0.15) is 0 Å². The van der Waals surface area contributed by atoms with E-state index in [4.69, 9.17) is 10.5 Å². The van der Waals surface area contributed by atoms with Crippen molar-refractivity contribution in [2.24, 2.45) is 12.8 Å². The molecule has 1 aromatic rings. The fraction of sp³-hybridized carbons (Fsp3) is 0.625. The lowest BCUT2D eigenvalue weighted by Gasteiger charge is -2.07. The van der Waals surface area contributed by atoms with Gasteiger partial charge in [-0.1, -0.05) is 0 Å². The van der Waals surface area contributed by atoms with Crippen LogP contribution in [0.5, 0.6) is 0 Å². The molecule has 68 valence electrons. The van der Waals surface area contributed by atoms with E-state index in [0.29, 0.717) is 13.2 Å². The summed E-state index contributed by atoms with van der Waals surface area (Å²) < 4.78 is 6.93. The predicted molar refractivity (Wildman–Crippen MR) is 46.6 cm³/mol. The van der Waals surface area contributed by atoms with E-state index >= 15 is 0 Å². The molecule has 0 spiro atoms. The molecule has 0 amide bonds. The maximum absolute atomic E-state index is 5.82. The third kappa shape index (κ3) is 2.32. The number of aromatic nitrogens is 2. The highest BCUT2D eigenvalue weighted by Gasteiger charge is 2.06. The summed E-state index contributed by atoms with van der Waals surface area (Å²) in [7, 11) is 1.87. The van der Waals surface area contributed by atoms with Crippen LogP contribution < -0.4 is 5.73 Å². The van der Waals surface area contributed by atoms with E-state index in [2.05, 4.69) is 5.10 Å². The van der Waals surface area contributed by atoms with Crippen molar-refractivity contribution in [3.63, 3.8) is 0 Å². The fourth-order valence-electron chi connectivity index (χ4n) is 0.973. The number of hydrogen-bond donors (Lipinski definition) is 1. The first-order chi connectivity index (χ1) is 5.74. The lowest BCUT2D eigenvalue weighted by Crippen LogP contribution is -2.16.